The molecule has 0 unspecified atom stereocenters. The van der Waals surface area contributed by atoms with Crippen LogP contribution in [0.4, 0.5) is 5.69 Å². The molecule has 0 aliphatic carbocycles. The van der Waals surface area contributed by atoms with E-state index in [2.05, 4.69) is 10.2 Å². The van der Waals surface area contributed by atoms with Gasteiger partial charge >= 0.3 is 0 Å². The number of carbonyl (C=O) groups is 1. The van der Waals surface area contributed by atoms with Crippen molar-refractivity contribution in [3.05, 3.63) is 23.2 Å². The van der Waals surface area contributed by atoms with Crippen LogP contribution in [0.2, 0.25) is 5.02 Å². The van der Waals surface area contributed by atoms with E-state index in [1.807, 2.05) is 0 Å². The largest absolute Gasteiger partial charge is 0.476 e. The first kappa shape index (κ1) is 20.2. The number of nitrogens with zero attached hydrogens (tertiary/aromatic N) is 2. The third-order valence-electron chi connectivity index (χ3n) is 4.54. The van der Waals surface area contributed by atoms with Crippen molar-refractivity contribution in [3.63, 3.8) is 0 Å². The number of fused-ring (bicyclic) bond motifs is 1. The number of amides is 1. The number of carbonyl (C=O) groups excluding carboxylic acids is 1. The number of morpholine rings is 1. The summed E-state index contributed by atoms with van der Waals surface area (Å²) in [5.41, 5.74) is 0.348. The molecule has 10 heteroatoms. The summed E-state index contributed by atoms with van der Waals surface area (Å²) in [6.07, 6.45) is 0.998. The summed E-state index contributed by atoms with van der Waals surface area (Å²) >= 11 is 5.97. The van der Waals surface area contributed by atoms with Gasteiger partial charge in [-0.15, -0.1) is 0 Å². The van der Waals surface area contributed by atoms with E-state index in [4.69, 9.17) is 21.1 Å². The molecule has 1 atom stereocenters. The maximum Gasteiger partial charge on any atom is 0.263 e. The zero-order chi connectivity index (χ0) is 19.4. The second-order valence-electron chi connectivity index (χ2n) is 6.61. The summed E-state index contributed by atoms with van der Waals surface area (Å²) in [6.45, 7) is 4.60. The van der Waals surface area contributed by atoms with Gasteiger partial charge in [-0.3, -0.25) is 14.0 Å². The van der Waals surface area contributed by atoms with Gasteiger partial charge in [0.05, 0.1) is 31.7 Å². The SMILES string of the molecule is CS(=O)(=O)N1C[C@@H](C(=O)NCCCN2CCOCC2)Oc2ccc(Cl)cc21. The molecule has 150 valence electrons. The quantitative estimate of drug-likeness (QED) is 0.686. The molecule has 0 aromatic heterocycles. The number of anilines is 1. The van der Waals surface area contributed by atoms with Crippen molar-refractivity contribution < 1.29 is 22.7 Å². The summed E-state index contributed by atoms with van der Waals surface area (Å²) in [4.78, 5) is 14.8. The third kappa shape index (κ3) is 5.25. The fraction of sp³-hybridized carbons (Fsp3) is 0.588. The predicted molar refractivity (Wildman–Crippen MR) is 103 cm³/mol. The van der Waals surface area contributed by atoms with Crippen LogP contribution in [-0.4, -0.2) is 77.5 Å². The van der Waals surface area contributed by atoms with Crippen molar-refractivity contribution >= 4 is 33.2 Å². The van der Waals surface area contributed by atoms with E-state index in [9.17, 15) is 13.2 Å². The fourth-order valence-electron chi connectivity index (χ4n) is 3.13. The highest BCUT2D eigenvalue weighted by molar-refractivity contribution is 7.92. The van der Waals surface area contributed by atoms with E-state index < -0.39 is 16.1 Å². The Morgan fingerprint density at radius 3 is 2.78 bits per heavy atom. The maximum atomic E-state index is 12.5. The van der Waals surface area contributed by atoms with Gasteiger partial charge in [0, 0.05) is 24.7 Å². The highest BCUT2D eigenvalue weighted by atomic mass is 35.5. The Kier molecular flexibility index (Phi) is 6.46. The third-order valence-corrected chi connectivity index (χ3v) is 5.92. The molecule has 1 aromatic rings. The van der Waals surface area contributed by atoms with Gasteiger partial charge < -0.3 is 14.8 Å². The lowest BCUT2D eigenvalue weighted by molar-refractivity contribution is -0.127. The molecule has 2 aliphatic heterocycles. The molecule has 3 rings (SSSR count). The zero-order valence-electron chi connectivity index (χ0n) is 15.2. The number of hydrogen-bond acceptors (Lipinski definition) is 6. The minimum absolute atomic E-state index is 0.0819. The number of sulfonamides is 1. The Hall–Kier alpha value is -1.55. The van der Waals surface area contributed by atoms with Crippen molar-refractivity contribution in [3.8, 4) is 5.75 Å². The lowest BCUT2D eigenvalue weighted by Gasteiger charge is -2.34. The van der Waals surface area contributed by atoms with Crippen LogP contribution in [0.15, 0.2) is 18.2 Å². The van der Waals surface area contributed by atoms with Gasteiger partial charge in [0.1, 0.15) is 5.75 Å². The number of hydrogen-bond donors (Lipinski definition) is 1. The number of halogens is 1. The first-order chi connectivity index (χ1) is 12.8. The predicted octanol–water partition coefficient (Wildman–Crippen LogP) is 0.706. The lowest BCUT2D eigenvalue weighted by atomic mass is 10.2. The molecule has 0 bridgehead atoms. The minimum Gasteiger partial charge on any atom is -0.476 e. The number of ether oxygens (including phenoxy) is 2. The Labute approximate surface area is 164 Å². The molecule has 1 saturated heterocycles. The Balaban J connectivity index is 1.58. The molecule has 0 saturated carbocycles. The van der Waals surface area contributed by atoms with Crippen LogP contribution in [0.25, 0.3) is 0 Å². The van der Waals surface area contributed by atoms with Gasteiger partial charge in [0.25, 0.3) is 5.91 Å². The van der Waals surface area contributed by atoms with E-state index in [1.54, 1.807) is 12.1 Å². The van der Waals surface area contributed by atoms with E-state index >= 15 is 0 Å². The molecule has 1 N–H and O–H groups in total. The van der Waals surface area contributed by atoms with E-state index in [0.717, 1.165) is 49.8 Å². The van der Waals surface area contributed by atoms with Gasteiger partial charge in [-0.1, -0.05) is 11.6 Å². The molecule has 1 aromatic carbocycles. The average Bonchev–Trinajstić information content (AvgIpc) is 2.64. The average molecular weight is 418 g/mol. The van der Waals surface area contributed by atoms with Crippen LogP contribution in [0.1, 0.15) is 6.42 Å². The van der Waals surface area contributed by atoms with Crippen molar-refractivity contribution in [1.29, 1.82) is 0 Å². The summed E-state index contributed by atoms with van der Waals surface area (Å²) < 4.78 is 36.5. The molecular weight excluding hydrogens is 394 g/mol. The topological polar surface area (TPSA) is 88.2 Å². The van der Waals surface area contributed by atoms with Crippen LogP contribution in [0.3, 0.4) is 0 Å². The van der Waals surface area contributed by atoms with Crippen molar-refractivity contribution in [2.75, 3.05) is 56.5 Å². The van der Waals surface area contributed by atoms with E-state index in [0.29, 0.717) is 23.0 Å². The summed E-state index contributed by atoms with van der Waals surface area (Å²) in [6, 6.07) is 4.70. The van der Waals surface area contributed by atoms with Crippen molar-refractivity contribution in [1.82, 2.24) is 10.2 Å². The molecule has 1 amide bonds. The molecule has 0 radical (unpaired) electrons. The van der Waals surface area contributed by atoms with Crippen LogP contribution < -0.4 is 14.4 Å². The monoisotopic (exact) mass is 417 g/mol. The summed E-state index contributed by atoms with van der Waals surface area (Å²) in [7, 11) is -3.57. The molecule has 2 aliphatic rings. The highest BCUT2D eigenvalue weighted by Gasteiger charge is 2.35. The van der Waals surface area contributed by atoms with Gasteiger partial charge in [-0.2, -0.15) is 0 Å². The Morgan fingerprint density at radius 2 is 2.07 bits per heavy atom. The first-order valence-electron chi connectivity index (χ1n) is 8.86. The standard InChI is InChI=1S/C17H24ClN3O5S/c1-27(23,24)21-12-16(26-15-4-3-13(18)11-14(15)21)17(22)19-5-2-6-20-7-9-25-10-8-20/h3-4,11,16H,2,5-10,12H2,1H3,(H,19,22)/t16-/m0/s1. The summed E-state index contributed by atoms with van der Waals surface area (Å²) in [5, 5.41) is 3.24. The molecule has 1 fully saturated rings. The summed E-state index contributed by atoms with van der Waals surface area (Å²) in [5.74, 6) is -0.00392. The molecule has 2 heterocycles. The Bertz CT molecular complexity index is 783. The Morgan fingerprint density at radius 1 is 1.33 bits per heavy atom. The molecule has 8 nitrogen and oxygen atoms in total. The fourth-order valence-corrected chi connectivity index (χ4v) is 4.20. The van der Waals surface area contributed by atoms with Crippen LogP contribution >= 0.6 is 11.6 Å². The maximum absolute atomic E-state index is 12.5. The lowest BCUT2D eigenvalue weighted by Crippen LogP contribution is -2.50. The smallest absolute Gasteiger partial charge is 0.263 e. The number of nitrogens with one attached hydrogen (secondary N) is 1. The van der Waals surface area contributed by atoms with E-state index in [1.165, 1.54) is 6.07 Å². The number of rotatable bonds is 6. The number of benzene rings is 1. The van der Waals surface area contributed by atoms with Gasteiger partial charge in [-0.25, -0.2) is 8.42 Å². The van der Waals surface area contributed by atoms with Crippen LogP contribution in [-0.2, 0) is 19.6 Å². The van der Waals surface area contributed by atoms with Crippen LogP contribution in [0.5, 0.6) is 5.75 Å². The van der Waals surface area contributed by atoms with Gasteiger partial charge in [0.2, 0.25) is 10.0 Å². The van der Waals surface area contributed by atoms with Gasteiger partial charge in [0.15, 0.2) is 6.10 Å². The minimum atomic E-state index is -3.57. The van der Waals surface area contributed by atoms with Crippen LogP contribution in [0, 0.1) is 0 Å². The first-order valence-corrected chi connectivity index (χ1v) is 11.1. The molecule has 27 heavy (non-hydrogen) atoms. The highest BCUT2D eigenvalue weighted by Crippen LogP contribution is 2.37. The van der Waals surface area contributed by atoms with E-state index in [-0.39, 0.29) is 12.5 Å². The normalized spacial score (nSPS) is 20.7. The molecular formula is C17H24ClN3O5S. The van der Waals surface area contributed by atoms with Gasteiger partial charge in [-0.05, 0) is 31.2 Å². The van der Waals surface area contributed by atoms with Crippen molar-refractivity contribution in [2.24, 2.45) is 0 Å². The second kappa shape index (κ2) is 8.64. The zero-order valence-corrected chi connectivity index (χ0v) is 16.8. The molecule has 0 spiro atoms. The second-order valence-corrected chi connectivity index (χ2v) is 8.95. The van der Waals surface area contributed by atoms with Crippen molar-refractivity contribution in [2.45, 2.75) is 12.5 Å².